The molecule has 4 nitrogen and oxygen atoms in total. The third kappa shape index (κ3) is 4.17. The molecule has 0 fully saturated rings. The molecule has 0 saturated carbocycles. The van der Waals surface area contributed by atoms with Crippen molar-refractivity contribution >= 4 is 33.9 Å². The predicted molar refractivity (Wildman–Crippen MR) is 130 cm³/mol. The maximum atomic E-state index is 13.5. The van der Waals surface area contributed by atoms with Gasteiger partial charge >= 0.3 is 0 Å². The summed E-state index contributed by atoms with van der Waals surface area (Å²) in [6.45, 7) is 0. The van der Waals surface area contributed by atoms with Crippen LogP contribution in [0.25, 0.3) is 11.0 Å². The molecule has 0 unspecified atom stereocenters. The standard InChI is InChI=1S/C26H25ClN2O2/c1-28(2)20-10-5-17(6-11-20)25(18-7-12-21(13-8-18)29(3)4)23-16-31-24-14-9-19(27)15-22(24)26(23)30/h5-16,25H,1-4H3. The Labute approximate surface area is 187 Å². The summed E-state index contributed by atoms with van der Waals surface area (Å²) >= 11 is 6.16. The van der Waals surface area contributed by atoms with Gasteiger partial charge in [-0.15, -0.1) is 0 Å². The zero-order valence-corrected chi connectivity index (χ0v) is 18.9. The number of hydrogen-bond donors (Lipinski definition) is 0. The molecule has 0 bridgehead atoms. The normalized spacial score (nSPS) is 11.2. The molecule has 0 N–H and O–H groups in total. The van der Waals surface area contributed by atoms with E-state index in [0.29, 0.717) is 21.6 Å². The predicted octanol–water partition coefficient (Wildman–Crippen LogP) is 5.76. The summed E-state index contributed by atoms with van der Waals surface area (Å²) in [5, 5.41) is 1.00. The lowest BCUT2D eigenvalue weighted by molar-refractivity contribution is 0.590. The highest BCUT2D eigenvalue weighted by molar-refractivity contribution is 6.31. The van der Waals surface area contributed by atoms with E-state index in [-0.39, 0.29) is 11.3 Å². The quantitative estimate of drug-likeness (QED) is 0.402. The van der Waals surface area contributed by atoms with E-state index >= 15 is 0 Å². The van der Waals surface area contributed by atoms with Crippen molar-refractivity contribution in [2.75, 3.05) is 38.0 Å². The lowest BCUT2D eigenvalue weighted by atomic mass is 9.85. The SMILES string of the molecule is CN(C)c1ccc(C(c2ccc(N(C)C)cc2)c2coc3ccc(Cl)cc3c2=O)cc1. The molecular weight excluding hydrogens is 408 g/mol. The van der Waals surface area contributed by atoms with E-state index in [9.17, 15) is 4.79 Å². The first-order valence-electron chi connectivity index (χ1n) is 10.1. The van der Waals surface area contributed by atoms with Crippen LogP contribution in [0.3, 0.4) is 0 Å². The second-order valence-electron chi connectivity index (χ2n) is 8.07. The number of nitrogens with zero attached hydrogens (tertiary/aromatic N) is 2. The number of halogens is 1. The summed E-state index contributed by atoms with van der Waals surface area (Å²) in [6.07, 6.45) is 1.59. The van der Waals surface area contributed by atoms with Crippen LogP contribution in [0.1, 0.15) is 22.6 Å². The zero-order valence-electron chi connectivity index (χ0n) is 18.1. The molecule has 0 aliphatic rings. The lowest BCUT2D eigenvalue weighted by Crippen LogP contribution is -2.16. The molecule has 4 rings (SSSR count). The van der Waals surface area contributed by atoms with Crippen molar-refractivity contribution in [3.8, 4) is 0 Å². The Morgan fingerprint density at radius 1 is 0.774 bits per heavy atom. The number of anilines is 2. The van der Waals surface area contributed by atoms with Gasteiger partial charge in [0.1, 0.15) is 5.58 Å². The average Bonchev–Trinajstić information content (AvgIpc) is 2.76. The highest BCUT2D eigenvalue weighted by Crippen LogP contribution is 2.33. The largest absolute Gasteiger partial charge is 0.464 e. The van der Waals surface area contributed by atoms with Crippen molar-refractivity contribution in [3.63, 3.8) is 0 Å². The maximum absolute atomic E-state index is 13.5. The molecule has 3 aromatic carbocycles. The van der Waals surface area contributed by atoms with Crippen molar-refractivity contribution in [1.29, 1.82) is 0 Å². The highest BCUT2D eigenvalue weighted by Gasteiger charge is 2.22. The van der Waals surface area contributed by atoms with Crippen LogP contribution in [-0.4, -0.2) is 28.2 Å². The molecule has 5 heteroatoms. The summed E-state index contributed by atoms with van der Waals surface area (Å²) in [5.74, 6) is -0.257. The Morgan fingerprint density at radius 3 is 1.77 bits per heavy atom. The van der Waals surface area contributed by atoms with Crippen LogP contribution in [0.5, 0.6) is 0 Å². The van der Waals surface area contributed by atoms with Gasteiger partial charge in [-0.05, 0) is 53.6 Å². The third-order valence-electron chi connectivity index (χ3n) is 5.56. The van der Waals surface area contributed by atoms with Crippen molar-refractivity contribution in [1.82, 2.24) is 0 Å². The van der Waals surface area contributed by atoms with Gasteiger partial charge in [0.15, 0.2) is 5.43 Å². The molecule has 1 aromatic heterocycles. The summed E-state index contributed by atoms with van der Waals surface area (Å²) in [4.78, 5) is 17.6. The second-order valence-corrected chi connectivity index (χ2v) is 8.50. The van der Waals surface area contributed by atoms with Gasteiger partial charge in [-0.25, -0.2) is 0 Å². The Hall–Kier alpha value is -3.24. The minimum atomic E-state index is -0.257. The fourth-order valence-electron chi connectivity index (χ4n) is 3.80. The minimum absolute atomic E-state index is 0.0675. The molecule has 31 heavy (non-hydrogen) atoms. The molecule has 1 heterocycles. The Morgan fingerprint density at radius 2 is 1.29 bits per heavy atom. The van der Waals surface area contributed by atoms with Crippen LogP contribution in [0, 0.1) is 0 Å². The molecule has 0 aliphatic carbocycles. The van der Waals surface area contributed by atoms with Gasteiger partial charge in [0.25, 0.3) is 0 Å². The third-order valence-corrected chi connectivity index (χ3v) is 5.79. The van der Waals surface area contributed by atoms with Crippen LogP contribution >= 0.6 is 11.6 Å². The van der Waals surface area contributed by atoms with E-state index in [1.54, 1.807) is 24.5 Å². The maximum Gasteiger partial charge on any atom is 0.196 e. The van der Waals surface area contributed by atoms with E-state index in [1.807, 2.05) is 28.2 Å². The molecule has 0 saturated heterocycles. The highest BCUT2D eigenvalue weighted by atomic mass is 35.5. The zero-order chi connectivity index (χ0) is 22.1. The molecule has 0 radical (unpaired) electrons. The van der Waals surface area contributed by atoms with Gasteiger partial charge in [-0.3, -0.25) is 4.79 Å². The van der Waals surface area contributed by atoms with Crippen LogP contribution in [0.4, 0.5) is 11.4 Å². The number of benzene rings is 3. The van der Waals surface area contributed by atoms with Crippen LogP contribution in [0.2, 0.25) is 5.02 Å². The lowest BCUT2D eigenvalue weighted by Gasteiger charge is -2.21. The van der Waals surface area contributed by atoms with Crippen molar-refractivity contribution < 1.29 is 4.42 Å². The van der Waals surface area contributed by atoms with Crippen molar-refractivity contribution in [3.05, 3.63) is 105 Å². The smallest absolute Gasteiger partial charge is 0.196 e. The Balaban J connectivity index is 1.91. The molecule has 0 aliphatic heterocycles. The monoisotopic (exact) mass is 432 g/mol. The summed E-state index contributed by atoms with van der Waals surface area (Å²) in [6, 6.07) is 21.7. The number of rotatable bonds is 5. The van der Waals surface area contributed by atoms with Gasteiger partial charge in [0.05, 0.1) is 11.6 Å². The first-order valence-corrected chi connectivity index (χ1v) is 10.5. The molecule has 0 amide bonds. The number of fused-ring (bicyclic) bond motifs is 1. The van der Waals surface area contributed by atoms with E-state index in [2.05, 4.69) is 58.3 Å². The number of hydrogen-bond acceptors (Lipinski definition) is 4. The fourth-order valence-corrected chi connectivity index (χ4v) is 3.97. The topological polar surface area (TPSA) is 36.7 Å². The van der Waals surface area contributed by atoms with E-state index < -0.39 is 0 Å². The van der Waals surface area contributed by atoms with Crippen LogP contribution < -0.4 is 15.2 Å². The van der Waals surface area contributed by atoms with Gasteiger partial charge in [0, 0.05) is 56.1 Å². The summed E-state index contributed by atoms with van der Waals surface area (Å²) in [5.41, 5.74) is 5.30. The van der Waals surface area contributed by atoms with Gasteiger partial charge in [-0.1, -0.05) is 35.9 Å². The van der Waals surface area contributed by atoms with Crippen molar-refractivity contribution in [2.45, 2.75) is 5.92 Å². The molecule has 4 aromatic rings. The molecule has 158 valence electrons. The van der Waals surface area contributed by atoms with E-state index in [4.69, 9.17) is 16.0 Å². The van der Waals surface area contributed by atoms with Gasteiger partial charge in [-0.2, -0.15) is 0 Å². The summed E-state index contributed by atoms with van der Waals surface area (Å²) < 4.78 is 5.85. The van der Waals surface area contributed by atoms with Gasteiger partial charge < -0.3 is 14.2 Å². The van der Waals surface area contributed by atoms with Crippen LogP contribution in [0.15, 0.2) is 82.2 Å². The van der Waals surface area contributed by atoms with Crippen LogP contribution in [-0.2, 0) is 0 Å². The second kappa shape index (κ2) is 8.48. The Kier molecular flexibility index (Phi) is 5.75. The first-order chi connectivity index (χ1) is 14.8. The van der Waals surface area contributed by atoms with E-state index in [0.717, 1.165) is 22.5 Å². The molecule has 0 spiro atoms. The van der Waals surface area contributed by atoms with Gasteiger partial charge in [0.2, 0.25) is 0 Å². The summed E-state index contributed by atoms with van der Waals surface area (Å²) in [7, 11) is 8.03. The average molecular weight is 433 g/mol. The minimum Gasteiger partial charge on any atom is -0.464 e. The first kappa shape index (κ1) is 21.0. The molecular formula is C26H25ClN2O2. The fraction of sp³-hybridized carbons (Fsp3) is 0.192. The molecule has 0 atom stereocenters. The van der Waals surface area contributed by atoms with Crippen molar-refractivity contribution in [2.24, 2.45) is 0 Å². The Bertz CT molecular complexity index is 1210. The van der Waals surface area contributed by atoms with E-state index in [1.165, 1.54) is 0 Å².